The van der Waals surface area contributed by atoms with Gasteiger partial charge in [-0.3, -0.25) is 37.3 Å². The summed E-state index contributed by atoms with van der Waals surface area (Å²) in [7, 11) is -9.91. The van der Waals surface area contributed by atoms with E-state index in [0.29, 0.717) is 25.7 Å². The van der Waals surface area contributed by atoms with Crippen LogP contribution in [-0.2, 0) is 65.4 Å². The van der Waals surface area contributed by atoms with E-state index in [1.165, 1.54) is 225 Å². The lowest BCUT2D eigenvalue weighted by Crippen LogP contribution is -2.30. The van der Waals surface area contributed by atoms with Crippen LogP contribution in [0.15, 0.2) is 0 Å². The average Bonchev–Trinajstić information content (AvgIpc) is 1.34. The number of hydrogen-bond acceptors (Lipinski definition) is 15. The van der Waals surface area contributed by atoms with Crippen molar-refractivity contribution in [2.45, 2.75) is 419 Å². The molecule has 0 aliphatic rings. The van der Waals surface area contributed by atoms with Gasteiger partial charge in [-0.2, -0.15) is 0 Å². The van der Waals surface area contributed by atoms with Gasteiger partial charge >= 0.3 is 39.5 Å². The highest BCUT2D eigenvalue weighted by Gasteiger charge is 2.30. The lowest BCUT2D eigenvalue weighted by Gasteiger charge is -2.21. The summed E-state index contributed by atoms with van der Waals surface area (Å²) in [5.74, 6) is -1.30. The van der Waals surface area contributed by atoms with Crippen LogP contribution in [0.3, 0.4) is 0 Å². The molecule has 0 radical (unpaired) electrons. The summed E-state index contributed by atoms with van der Waals surface area (Å²) in [6.07, 6.45) is 58.1. The van der Waals surface area contributed by atoms with E-state index in [0.717, 1.165) is 95.8 Å². The molecule has 564 valence electrons. The van der Waals surface area contributed by atoms with Gasteiger partial charge < -0.3 is 33.8 Å². The maximum Gasteiger partial charge on any atom is 0.472 e. The fourth-order valence-corrected chi connectivity index (χ4v) is 13.3. The van der Waals surface area contributed by atoms with Gasteiger partial charge in [-0.05, 0) is 31.6 Å². The highest BCUT2D eigenvalue weighted by Crippen LogP contribution is 2.45. The Bertz CT molecular complexity index is 1820. The Hall–Kier alpha value is -1.94. The molecule has 0 bridgehead atoms. The van der Waals surface area contributed by atoms with Crippen LogP contribution in [0.2, 0.25) is 0 Å². The molecular weight excluding hydrogens is 1250 g/mol. The fourth-order valence-electron chi connectivity index (χ4n) is 11.7. The molecule has 0 saturated heterocycles. The number of rotatable bonds is 76. The Morgan fingerprint density at radius 3 is 0.747 bits per heavy atom. The Balaban J connectivity index is 5.23. The van der Waals surface area contributed by atoms with Crippen molar-refractivity contribution in [3.63, 3.8) is 0 Å². The molecule has 0 aliphatic heterocycles. The molecule has 0 aromatic carbocycles. The molecule has 0 aliphatic carbocycles. The first-order valence-corrected chi connectivity index (χ1v) is 42.7. The molecule has 0 aromatic heterocycles. The molecule has 0 rings (SSSR count). The molecule has 17 nitrogen and oxygen atoms in total. The van der Waals surface area contributed by atoms with Gasteiger partial charge in [0.1, 0.15) is 19.3 Å². The van der Waals surface area contributed by atoms with E-state index in [1.54, 1.807) is 0 Å². The van der Waals surface area contributed by atoms with Crippen LogP contribution >= 0.6 is 15.6 Å². The molecule has 3 N–H and O–H groups in total. The van der Waals surface area contributed by atoms with E-state index in [2.05, 4.69) is 34.6 Å². The second-order valence-electron chi connectivity index (χ2n) is 27.6. The van der Waals surface area contributed by atoms with E-state index >= 15 is 0 Å². The maximum atomic E-state index is 13.1. The van der Waals surface area contributed by atoms with Crippen LogP contribution in [0.4, 0.5) is 0 Å². The van der Waals surface area contributed by atoms with Crippen LogP contribution in [0.25, 0.3) is 0 Å². The minimum atomic E-state index is -4.96. The molecule has 0 heterocycles. The van der Waals surface area contributed by atoms with Crippen LogP contribution in [0.1, 0.15) is 401 Å². The molecule has 3 unspecified atom stereocenters. The van der Waals surface area contributed by atoms with Crippen LogP contribution in [-0.4, -0.2) is 96.7 Å². The molecule has 19 heteroatoms. The molecule has 95 heavy (non-hydrogen) atoms. The summed E-state index contributed by atoms with van der Waals surface area (Å²) < 4.78 is 68.5. The third kappa shape index (κ3) is 69.0. The number of ether oxygens (including phenoxy) is 4. The average molecular weight is 1400 g/mol. The fraction of sp³-hybridized carbons (Fsp3) is 0.947. The predicted octanol–water partition coefficient (Wildman–Crippen LogP) is 22.5. The molecule has 0 fully saturated rings. The predicted molar refractivity (Wildman–Crippen MR) is 386 cm³/mol. The van der Waals surface area contributed by atoms with Gasteiger partial charge in [0.05, 0.1) is 26.4 Å². The molecule has 0 saturated carbocycles. The summed E-state index contributed by atoms with van der Waals surface area (Å²) >= 11 is 0. The summed E-state index contributed by atoms with van der Waals surface area (Å²) in [4.78, 5) is 72.8. The van der Waals surface area contributed by atoms with E-state index in [9.17, 15) is 43.2 Å². The van der Waals surface area contributed by atoms with Crippen LogP contribution in [0.5, 0.6) is 0 Å². The Kier molecular flexibility index (Phi) is 67.7. The maximum absolute atomic E-state index is 13.1. The van der Waals surface area contributed by atoms with Crippen molar-refractivity contribution in [1.29, 1.82) is 0 Å². The Morgan fingerprint density at radius 1 is 0.295 bits per heavy atom. The van der Waals surface area contributed by atoms with Crippen molar-refractivity contribution in [2.75, 3.05) is 39.6 Å². The topological polar surface area (TPSA) is 237 Å². The van der Waals surface area contributed by atoms with E-state index < -0.39 is 97.5 Å². The second kappa shape index (κ2) is 69.2. The van der Waals surface area contributed by atoms with Crippen molar-refractivity contribution >= 4 is 39.5 Å². The highest BCUT2D eigenvalue weighted by atomic mass is 31.2. The van der Waals surface area contributed by atoms with E-state index in [-0.39, 0.29) is 25.7 Å². The van der Waals surface area contributed by atoms with E-state index in [1.807, 2.05) is 0 Å². The summed E-state index contributed by atoms with van der Waals surface area (Å²) in [6, 6.07) is 0. The number of phosphoric ester groups is 2. The minimum Gasteiger partial charge on any atom is -0.462 e. The van der Waals surface area contributed by atoms with Gasteiger partial charge in [-0.15, -0.1) is 0 Å². The van der Waals surface area contributed by atoms with Crippen LogP contribution < -0.4 is 0 Å². The number of carbonyl (C=O) groups is 4. The van der Waals surface area contributed by atoms with E-state index in [4.69, 9.17) is 37.0 Å². The number of phosphoric acid groups is 2. The smallest absolute Gasteiger partial charge is 0.462 e. The number of unbranched alkanes of at least 4 members (excludes halogenated alkanes) is 47. The SMILES string of the molecule is CCCCCCCCCCCCCCCCCCCCCC(=O)O[C@H](COC(=O)CCCCCCCCCCCCC(C)CC)COP(=O)(O)OC[C@@H](O)COP(=O)(O)OC[C@@H](COC(=O)CCCCCCCCCCCC)OC(=O)CCCCCCCCCCCCCC. The summed E-state index contributed by atoms with van der Waals surface area (Å²) in [5.41, 5.74) is 0. The molecule has 6 atom stereocenters. The Morgan fingerprint density at radius 2 is 0.505 bits per heavy atom. The largest absolute Gasteiger partial charge is 0.472 e. The normalized spacial score (nSPS) is 14.2. The molecule has 0 spiro atoms. The first-order valence-electron chi connectivity index (χ1n) is 39.7. The quantitative estimate of drug-likeness (QED) is 0.0222. The first-order chi connectivity index (χ1) is 46.1. The molecular formula is C76H148O17P2. The van der Waals surface area contributed by atoms with Crippen molar-refractivity contribution in [3.8, 4) is 0 Å². The zero-order valence-corrected chi connectivity index (χ0v) is 63.6. The minimum absolute atomic E-state index is 0.108. The number of hydrogen-bond donors (Lipinski definition) is 3. The van der Waals surface area contributed by atoms with Gasteiger partial charge in [0.25, 0.3) is 0 Å². The molecule has 0 aromatic rings. The van der Waals surface area contributed by atoms with Gasteiger partial charge in [-0.25, -0.2) is 9.13 Å². The number of esters is 4. The Labute approximate surface area is 581 Å². The second-order valence-corrected chi connectivity index (χ2v) is 30.5. The number of aliphatic hydroxyl groups excluding tert-OH is 1. The van der Waals surface area contributed by atoms with Gasteiger partial charge in [0.15, 0.2) is 12.2 Å². The summed E-state index contributed by atoms with van der Waals surface area (Å²) in [6.45, 7) is 7.32. The van der Waals surface area contributed by atoms with Crippen molar-refractivity contribution in [1.82, 2.24) is 0 Å². The molecule has 0 amide bonds. The van der Waals surface area contributed by atoms with Crippen LogP contribution in [0, 0.1) is 5.92 Å². The van der Waals surface area contributed by atoms with Gasteiger partial charge in [-0.1, -0.05) is 349 Å². The zero-order valence-electron chi connectivity index (χ0n) is 61.8. The number of carbonyl (C=O) groups excluding carboxylic acids is 4. The van der Waals surface area contributed by atoms with Gasteiger partial charge in [0, 0.05) is 25.7 Å². The van der Waals surface area contributed by atoms with Gasteiger partial charge in [0.2, 0.25) is 0 Å². The third-order valence-electron chi connectivity index (χ3n) is 18.1. The standard InChI is InChI=1S/C76H148O17P2/c1-6-10-13-16-19-22-25-27-28-29-30-31-32-33-35-42-47-52-57-62-76(81)93-72(66-87-74(79)60-55-50-45-40-37-36-38-43-48-53-58-69(5)9-4)68-91-95(84,85)89-64-70(77)63-88-94(82,83)90-67-71(65-86-73(78)59-54-49-44-39-24-21-18-15-12-8-3)92-75(80)61-56-51-46-41-34-26-23-20-17-14-11-7-2/h69-72,77H,6-68H2,1-5H3,(H,82,83)(H,84,85)/t69?,70-,71+,72+/m0/s1. The zero-order chi connectivity index (χ0) is 69.8. The lowest BCUT2D eigenvalue weighted by molar-refractivity contribution is -0.161. The van der Waals surface area contributed by atoms with Crippen molar-refractivity contribution in [3.05, 3.63) is 0 Å². The summed E-state index contributed by atoms with van der Waals surface area (Å²) in [5, 5.41) is 10.6. The lowest BCUT2D eigenvalue weighted by atomic mass is 9.99. The number of aliphatic hydroxyl groups is 1. The third-order valence-corrected chi connectivity index (χ3v) is 20.0. The monoisotopic (exact) mass is 1400 g/mol. The first kappa shape index (κ1) is 93.1. The highest BCUT2D eigenvalue weighted by molar-refractivity contribution is 7.47. The van der Waals surface area contributed by atoms with Crippen molar-refractivity contribution < 1.29 is 80.2 Å². The van der Waals surface area contributed by atoms with Crippen molar-refractivity contribution in [2.24, 2.45) is 5.92 Å².